The van der Waals surface area contributed by atoms with E-state index in [1.54, 1.807) is 11.3 Å². The highest BCUT2D eigenvalue weighted by atomic mass is 32.1. The minimum atomic E-state index is 0.0909. The lowest BCUT2D eigenvalue weighted by atomic mass is 10.1. The molecule has 0 aliphatic rings. The summed E-state index contributed by atoms with van der Waals surface area (Å²) in [5.41, 5.74) is 10.2. The zero-order chi connectivity index (χ0) is 13.7. The number of amidine groups is 1. The van der Waals surface area contributed by atoms with Gasteiger partial charge < -0.3 is 10.5 Å². The van der Waals surface area contributed by atoms with E-state index in [1.165, 1.54) is 4.88 Å². The Morgan fingerprint density at radius 3 is 2.68 bits per heavy atom. The molecule has 2 aromatic rings. The van der Waals surface area contributed by atoms with Crippen LogP contribution in [0.25, 0.3) is 0 Å². The van der Waals surface area contributed by atoms with Crippen molar-refractivity contribution in [1.82, 2.24) is 4.98 Å². The Bertz CT molecular complexity index is 548. The van der Waals surface area contributed by atoms with Crippen molar-refractivity contribution in [3.05, 3.63) is 51.5 Å². The standard InChI is InChI=1S/C14H17N3OS/c1-10-13(19-9-17-10)6-7-18-8-11-2-4-12(5-3-11)14(15)16/h2-5,9H,6-8H2,1H3,(H3,15,16). The highest BCUT2D eigenvalue weighted by molar-refractivity contribution is 7.09. The molecule has 0 fully saturated rings. The molecule has 0 saturated carbocycles. The van der Waals surface area contributed by atoms with Crippen molar-refractivity contribution in [3.63, 3.8) is 0 Å². The number of benzene rings is 1. The Labute approximate surface area is 116 Å². The van der Waals surface area contributed by atoms with Crippen molar-refractivity contribution in [2.24, 2.45) is 5.73 Å². The number of ether oxygens (including phenoxy) is 1. The molecule has 100 valence electrons. The van der Waals surface area contributed by atoms with E-state index < -0.39 is 0 Å². The third-order valence-electron chi connectivity index (χ3n) is 2.85. The molecule has 0 amide bonds. The summed E-state index contributed by atoms with van der Waals surface area (Å²) >= 11 is 1.67. The summed E-state index contributed by atoms with van der Waals surface area (Å²) in [5, 5.41) is 7.32. The normalized spacial score (nSPS) is 10.6. The van der Waals surface area contributed by atoms with Gasteiger partial charge in [0.05, 0.1) is 24.4 Å². The summed E-state index contributed by atoms with van der Waals surface area (Å²) in [6.45, 7) is 3.29. The summed E-state index contributed by atoms with van der Waals surface area (Å²) in [4.78, 5) is 5.49. The average molecular weight is 275 g/mol. The van der Waals surface area contributed by atoms with E-state index >= 15 is 0 Å². The molecule has 0 radical (unpaired) electrons. The van der Waals surface area contributed by atoms with Crippen molar-refractivity contribution in [1.29, 1.82) is 5.41 Å². The quantitative estimate of drug-likeness (QED) is 0.483. The van der Waals surface area contributed by atoms with Crippen LogP contribution in [-0.2, 0) is 17.8 Å². The van der Waals surface area contributed by atoms with Gasteiger partial charge in [-0.3, -0.25) is 5.41 Å². The largest absolute Gasteiger partial charge is 0.384 e. The van der Waals surface area contributed by atoms with Crippen LogP contribution in [0, 0.1) is 12.3 Å². The van der Waals surface area contributed by atoms with E-state index in [9.17, 15) is 0 Å². The topological polar surface area (TPSA) is 72.0 Å². The maximum absolute atomic E-state index is 7.32. The zero-order valence-corrected chi connectivity index (χ0v) is 11.7. The number of hydrogen-bond acceptors (Lipinski definition) is 4. The third kappa shape index (κ3) is 3.87. The zero-order valence-electron chi connectivity index (χ0n) is 10.8. The predicted octanol–water partition coefficient (Wildman–Crippen LogP) is 2.49. The number of nitrogens with zero attached hydrogens (tertiary/aromatic N) is 1. The van der Waals surface area contributed by atoms with Gasteiger partial charge in [-0.1, -0.05) is 24.3 Å². The van der Waals surface area contributed by atoms with E-state index in [4.69, 9.17) is 15.9 Å². The van der Waals surface area contributed by atoms with Crippen LogP contribution < -0.4 is 5.73 Å². The van der Waals surface area contributed by atoms with E-state index in [0.29, 0.717) is 13.2 Å². The molecule has 3 N–H and O–H groups in total. The summed E-state index contributed by atoms with van der Waals surface area (Å²) in [6, 6.07) is 7.56. The lowest BCUT2D eigenvalue weighted by Crippen LogP contribution is -2.10. The second-order valence-corrected chi connectivity index (χ2v) is 5.21. The van der Waals surface area contributed by atoms with Gasteiger partial charge in [0, 0.05) is 16.9 Å². The van der Waals surface area contributed by atoms with Gasteiger partial charge in [-0.25, -0.2) is 4.98 Å². The number of hydrogen-bond donors (Lipinski definition) is 2. The van der Waals surface area contributed by atoms with Crippen LogP contribution in [0.2, 0.25) is 0 Å². The molecule has 0 bridgehead atoms. The van der Waals surface area contributed by atoms with Crippen molar-refractivity contribution in [3.8, 4) is 0 Å². The monoisotopic (exact) mass is 275 g/mol. The van der Waals surface area contributed by atoms with E-state index in [0.717, 1.165) is 23.2 Å². The fourth-order valence-corrected chi connectivity index (χ4v) is 2.46. The summed E-state index contributed by atoms with van der Waals surface area (Å²) < 4.78 is 5.64. The first-order valence-electron chi connectivity index (χ1n) is 6.07. The summed E-state index contributed by atoms with van der Waals surface area (Å²) in [5.74, 6) is 0.0909. The maximum atomic E-state index is 7.32. The van der Waals surface area contributed by atoms with Crippen LogP contribution in [0.3, 0.4) is 0 Å². The van der Waals surface area contributed by atoms with Crippen LogP contribution in [0.4, 0.5) is 0 Å². The first-order chi connectivity index (χ1) is 9.16. The second kappa shape index (κ2) is 6.45. The molecule has 0 spiro atoms. The number of aryl methyl sites for hydroxylation is 1. The molecule has 0 saturated heterocycles. The molecule has 0 unspecified atom stereocenters. The number of thiazole rings is 1. The average Bonchev–Trinajstić information content (AvgIpc) is 2.81. The van der Waals surface area contributed by atoms with Crippen LogP contribution in [0.5, 0.6) is 0 Å². The van der Waals surface area contributed by atoms with Gasteiger partial charge in [-0.15, -0.1) is 11.3 Å². The Hall–Kier alpha value is -1.72. The Kier molecular flexibility index (Phi) is 4.65. The lowest BCUT2D eigenvalue weighted by Gasteiger charge is -2.05. The highest BCUT2D eigenvalue weighted by Gasteiger charge is 2.01. The fraction of sp³-hybridized carbons (Fsp3) is 0.286. The number of nitrogens with two attached hydrogens (primary N) is 1. The van der Waals surface area contributed by atoms with Gasteiger partial charge in [0.2, 0.25) is 0 Å². The van der Waals surface area contributed by atoms with Gasteiger partial charge in [-0.05, 0) is 12.5 Å². The molecule has 1 aromatic carbocycles. The fourth-order valence-electron chi connectivity index (χ4n) is 1.70. The minimum absolute atomic E-state index is 0.0909. The van der Waals surface area contributed by atoms with Gasteiger partial charge in [-0.2, -0.15) is 0 Å². The van der Waals surface area contributed by atoms with Gasteiger partial charge in [0.25, 0.3) is 0 Å². The second-order valence-electron chi connectivity index (χ2n) is 4.27. The first-order valence-corrected chi connectivity index (χ1v) is 6.95. The maximum Gasteiger partial charge on any atom is 0.122 e. The smallest absolute Gasteiger partial charge is 0.122 e. The SMILES string of the molecule is Cc1ncsc1CCOCc1ccc(C(=N)N)cc1. The summed E-state index contributed by atoms with van der Waals surface area (Å²) in [6.07, 6.45) is 0.905. The number of nitrogen functional groups attached to an aromatic ring is 1. The Morgan fingerprint density at radius 2 is 2.11 bits per heavy atom. The van der Waals surface area contributed by atoms with Crippen LogP contribution >= 0.6 is 11.3 Å². The minimum Gasteiger partial charge on any atom is -0.384 e. The van der Waals surface area contributed by atoms with E-state index in [1.807, 2.05) is 36.7 Å². The number of aromatic nitrogens is 1. The van der Waals surface area contributed by atoms with Gasteiger partial charge in [0.1, 0.15) is 5.84 Å². The predicted molar refractivity (Wildman–Crippen MR) is 77.7 cm³/mol. The molecule has 0 atom stereocenters. The molecular formula is C14H17N3OS. The van der Waals surface area contributed by atoms with Crippen LogP contribution in [-0.4, -0.2) is 17.4 Å². The van der Waals surface area contributed by atoms with Crippen molar-refractivity contribution in [2.45, 2.75) is 20.0 Å². The first kappa shape index (κ1) is 13.7. The number of nitrogens with one attached hydrogen (secondary N) is 1. The highest BCUT2D eigenvalue weighted by Crippen LogP contribution is 2.13. The third-order valence-corrected chi connectivity index (χ3v) is 3.85. The van der Waals surface area contributed by atoms with Gasteiger partial charge in [0.15, 0.2) is 0 Å². The molecule has 0 aliphatic heterocycles. The molecule has 1 heterocycles. The van der Waals surface area contributed by atoms with Crippen molar-refractivity contribution in [2.75, 3.05) is 6.61 Å². The molecule has 1 aromatic heterocycles. The molecule has 2 rings (SSSR count). The summed E-state index contributed by atoms with van der Waals surface area (Å²) in [7, 11) is 0. The molecule has 5 heteroatoms. The van der Waals surface area contributed by atoms with E-state index in [2.05, 4.69) is 4.98 Å². The van der Waals surface area contributed by atoms with Crippen molar-refractivity contribution < 1.29 is 4.74 Å². The van der Waals surface area contributed by atoms with E-state index in [-0.39, 0.29) is 5.84 Å². The van der Waals surface area contributed by atoms with Crippen LogP contribution in [0.15, 0.2) is 29.8 Å². The molecular weight excluding hydrogens is 258 g/mol. The molecule has 19 heavy (non-hydrogen) atoms. The Morgan fingerprint density at radius 1 is 1.37 bits per heavy atom. The Balaban J connectivity index is 1.76. The van der Waals surface area contributed by atoms with Crippen molar-refractivity contribution >= 4 is 17.2 Å². The van der Waals surface area contributed by atoms with Gasteiger partial charge >= 0.3 is 0 Å². The van der Waals surface area contributed by atoms with Crippen LogP contribution in [0.1, 0.15) is 21.7 Å². The molecule has 0 aliphatic carbocycles. The molecule has 4 nitrogen and oxygen atoms in total. The number of rotatable bonds is 6. The lowest BCUT2D eigenvalue weighted by molar-refractivity contribution is 0.124.